The minimum Gasteiger partial charge on any atom is -1.00 e. The van der Waals surface area contributed by atoms with Gasteiger partial charge in [-0.05, 0) is 65.6 Å². The summed E-state index contributed by atoms with van der Waals surface area (Å²) >= 11 is 3.29. The monoisotopic (exact) mass is 345 g/mol. The number of aliphatic hydroxyl groups is 1. The summed E-state index contributed by atoms with van der Waals surface area (Å²) < 4.78 is 0. The van der Waals surface area contributed by atoms with E-state index in [0.717, 1.165) is 30.6 Å². The standard InChI is InChI=1S/C16H23NOS2.ClH/c1-4-17(5-2)13(3)10-16(18,14-6-8-19-11-14)15-7-9-20-12-15;/h6-9,11-13,18H,4-5,10H2,1-3H3;1H. The van der Waals surface area contributed by atoms with Gasteiger partial charge in [0.05, 0.1) is 19.1 Å². The molecule has 0 bridgehead atoms. The molecule has 0 amide bonds. The third kappa shape index (κ3) is 4.08. The van der Waals surface area contributed by atoms with Crippen molar-refractivity contribution in [3.8, 4) is 0 Å². The number of rotatable bonds is 7. The topological polar surface area (TPSA) is 24.7 Å². The van der Waals surface area contributed by atoms with Gasteiger partial charge in [-0.1, -0.05) is 0 Å². The predicted octanol–water partition coefficient (Wildman–Crippen LogP) is -0.247. The second kappa shape index (κ2) is 8.30. The quantitative estimate of drug-likeness (QED) is 0.711. The first kappa shape index (κ1) is 18.7. The van der Waals surface area contributed by atoms with Crippen LogP contribution in [0.25, 0.3) is 0 Å². The molecule has 0 aromatic carbocycles. The van der Waals surface area contributed by atoms with Crippen molar-refractivity contribution in [3.63, 3.8) is 0 Å². The van der Waals surface area contributed by atoms with E-state index in [1.165, 1.54) is 4.90 Å². The summed E-state index contributed by atoms with van der Waals surface area (Å²) in [5, 5.41) is 19.6. The molecule has 0 saturated carbocycles. The van der Waals surface area contributed by atoms with Gasteiger partial charge in [-0.25, -0.2) is 0 Å². The third-order valence-corrected chi connectivity index (χ3v) is 5.57. The highest BCUT2D eigenvalue weighted by molar-refractivity contribution is 7.08. The molecule has 0 aliphatic heterocycles. The highest BCUT2D eigenvalue weighted by Crippen LogP contribution is 2.36. The summed E-state index contributed by atoms with van der Waals surface area (Å²) in [5.41, 5.74) is 1.20. The Labute approximate surface area is 141 Å². The minimum absolute atomic E-state index is 0. The molecular weight excluding hydrogens is 322 g/mol. The van der Waals surface area contributed by atoms with Crippen LogP contribution in [-0.4, -0.2) is 24.2 Å². The number of thiophene rings is 2. The molecule has 5 heteroatoms. The molecule has 0 spiro atoms. The van der Waals surface area contributed by atoms with Crippen molar-refractivity contribution in [1.82, 2.24) is 0 Å². The predicted molar refractivity (Wildman–Crippen MR) is 87.8 cm³/mol. The third-order valence-electron chi connectivity index (χ3n) is 4.20. The molecule has 0 radical (unpaired) electrons. The molecule has 1 unspecified atom stereocenters. The van der Waals surface area contributed by atoms with E-state index in [1.54, 1.807) is 22.7 Å². The van der Waals surface area contributed by atoms with Gasteiger partial charge in [-0.2, -0.15) is 22.7 Å². The lowest BCUT2D eigenvalue weighted by atomic mass is 9.84. The Morgan fingerprint density at radius 2 is 1.57 bits per heavy atom. The number of nitrogens with one attached hydrogen (secondary N) is 1. The smallest absolute Gasteiger partial charge is 0.122 e. The summed E-state index contributed by atoms with van der Waals surface area (Å²) in [6.07, 6.45) is 0.761. The van der Waals surface area contributed by atoms with E-state index in [0.29, 0.717) is 6.04 Å². The Bertz CT molecular complexity index is 460. The van der Waals surface area contributed by atoms with Crippen LogP contribution in [0.2, 0.25) is 0 Å². The summed E-state index contributed by atoms with van der Waals surface area (Å²) in [6.45, 7) is 8.86. The average Bonchev–Trinajstić information content (AvgIpc) is 3.14. The van der Waals surface area contributed by atoms with Crippen LogP contribution in [0.4, 0.5) is 0 Å². The first-order valence-corrected chi connectivity index (χ1v) is 9.12. The van der Waals surface area contributed by atoms with E-state index in [9.17, 15) is 5.11 Å². The fourth-order valence-corrected chi connectivity index (χ4v) is 4.38. The molecular formula is C16H24ClNOS2. The van der Waals surface area contributed by atoms with Gasteiger partial charge in [-0.3, -0.25) is 0 Å². The Morgan fingerprint density at radius 3 is 1.90 bits per heavy atom. The van der Waals surface area contributed by atoms with Crippen molar-refractivity contribution in [3.05, 3.63) is 44.8 Å². The van der Waals surface area contributed by atoms with Crippen LogP contribution in [-0.2, 0) is 5.60 Å². The molecule has 0 saturated heterocycles. The van der Waals surface area contributed by atoms with Crippen molar-refractivity contribution >= 4 is 22.7 Å². The van der Waals surface area contributed by atoms with E-state index in [1.807, 2.05) is 22.9 Å². The summed E-state index contributed by atoms with van der Waals surface area (Å²) in [5.74, 6) is 0. The Hall–Kier alpha value is -0.390. The lowest BCUT2D eigenvalue weighted by Gasteiger charge is -2.33. The maximum absolute atomic E-state index is 11.3. The molecule has 118 valence electrons. The number of halogens is 1. The number of quaternary nitrogens is 1. The molecule has 0 fully saturated rings. The fourth-order valence-electron chi connectivity index (χ4n) is 2.94. The molecule has 1 atom stereocenters. The summed E-state index contributed by atoms with van der Waals surface area (Å²) in [4.78, 5) is 1.54. The Balaban J connectivity index is 0.00000220. The zero-order chi connectivity index (χ0) is 14.6. The number of hydrogen-bond acceptors (Lipinski definition) is 3. The SMILES string of the molecule is CC[NH+](CC)C(C)CC(O)(c1ccsc1)c1ccsc1.[Cl-]. The van der Waals surface area contributed by atoms with E-state index in [2.05, 4.69) is 31.5 Å². The molecule has 0 aliphatic carbocycles. The molecule has 21 heavy (non-hydrogen) atoms. The molecule has 2 nitrogen and oxygen atoms in total. The zero-order valence-corrected chi connectivity index (χ0v) is 15.2. The van der Waals surface area contributed by atoms with E-state index >= 15 is 0 Å². The maximum atomic E-state index is 11.3. The largest absolute Gasteiger partial charge is 1.00 e. The van der Waals surface area contributed by atoms with Crippen LogP contribution in [0.1, 0.15) is 38.3 Å². The van der Waals surface area contributed by atoms with Crippen molar-refractivity contribution in [2.75, 3.05) is 13.1 Å². The van der Waals surface area contributed by atoms with Crippen molar-refractivity contribution < 1.29 is 22.4 Å². The molecule has 2 aromatic rings. The number of hydrogen-bond donors (Lipinski definition) is 2. The van der Waals surface area contributed by atoms with Crippen LogP contribution < -0.4 is 17.3 Å². The van der Waals surface area contributed by atoms with Crippen LogP contribution in [0.5, 0.6) is 0 Å². The van der Waals surface area contributed by atoms with Crippen molar-refractivity contribution in [2.45, 2.75) is 38.8 Å². The van der Waals surface area contributed by atoms with Gasteiger partial charge in [0.1, 0.15) is 5.60 Å². The molecule has 2 aromatic heterocycles. The maximum Gasteiger partial charge on any atom is 0.122 e. The van der Waals surface area contributed by atoms with Crippen LogP contribution in [0.15, 0.2) is 33.7 Å². The highest BCUT2D eigenvalue weighted by Gasteiger charge is 2.36. The molecule has 2 rings (SSSR count). The summed E-state index contributed by atoms with van der Waals surface area (Å²) in [7, 11) is 0. The Morgan fingerprint density at radius 1 is 1.10 bits per heavy atom. The first-order valence-electron chi connectivity index (χ1n) is 7.24. The van der Waals surface area contributed by atoms with Crippen LogP contribution in [0.3, 0.4) is 0 Å². The van der Waals surface area contributed by atoms with E-state index in [-0.39, 0.29) is 12.4 Å². The van der Waals surface area contributed by atoms with Gasteiger partial charge in [0.2, 0.25) is 0 Å². The normalized spacial score (nSPS) is 13.2. The van der Waals surface area contributed by atoms with Gasteiger partial charge in [0.15, 0.2) is 0 Å². The van der Waals surface area contributed by atoms with Crippen LogP contribution in [0, 0.1) is 0 Å². The van der Waals surface area contributed by atoms with Crippen LogP contribution >= 0.6 is 22.7 Å². The lowest BCUT2D eigenvalue weighted by Crippen LogP contribution is -3.15. The van der Waals surface area contributed by atoms with E-state index < -0.39 is 5.60 Å². The van der Waals surface area contributed by atoms with Gasteiger partial charge in [0.25, 0.3) is 0 Å². The molecule has 2 N–H and O–H groups in total. The first-order chi connectivity index (χ1) is 9.61. The minimum atomic E-state index is -0.852. The van der Waals surface area contributed by atoms with E-state index in [4.69, 9.17) is 0 Å². The van der Waals surface area contributed by atoms with Crippen molar-refractivity contribution in [1.29, 1.82) is 0 Å². The fraction of sp³-hybridized carbons (Fsp3) is 0.500. The average molecular weight is 346 g/mol. The van der Waals surface area contributed by atoms with Gasteiger partial charge in [-0.15, -0.1) is 0 Å². The summed E-state index contributed by atoms with van der Waals surface area (Å²) in [6, 6.07) is 4.52. The highest BCUT2D eigenvalue weighted by atomic mass is 35.5. The van der Waals surface area contributed by atoms with Gasteiger partial charge in [0, 0.05) is 6.42 Å². The van der Waals surface area contributed by atoms with Gasteiger partial charge >= 0.3 is 0 Å². The Kier molecular flexibility index (Phi) is 7.37. The van der Waals surface area contributed by atoms with Gasteiger partial charge < -0.3 is 22.4 Å². The molecule has 2 heterocycles. The lowest BCUT2D eigenvalue weighted by molar-refractivity contribution is -0.921. The second-order valence-electron chi connectivity index (χ2n) is 5.35. The molecule has 0 aliphatic rings. The zero-order valence-electron chi connectivity index (χ0n) is 12.8. The second-order valence-corrected chi connectivity index (χ2v) is 6.91. The van der Waals surface area contributed by atoms with Crippen molar-refractivity contribution in [2.24, 2.45) is 0 Å².